The van der Waals surface area contributed by atoms with Gasteiger partial charge >= 0.3 is 5.97 Å². The first-order valence-electron chi connectivity index (χ1n) is 4.59. The molecule has 5 nitrogen and oxygen atoms in total. The van der Waals surface area contributed by atoms with Gasteiger partial charge in [-0.25, -0.2) is 4.79 Å². The molecule has 0 unspecified atom stereocenters. The van der Waals surface area contributed by atoms with Crippen LogP contribution in [0.2, 0.25) is 0 Å². The molecule has 0 aliphatic rings. The van der Waals surface area contributed by atoms with Crippen molar-refractivity contribution >= 4 is 22.6 Å². The van der Waals surface area contributed by atoms with Crippen molar-refractivity contribution in [2.45, 2.75) is 0 Å². The Labute approximate surface area is 91.5 Å². The van der Waals surface area contributed by atoms with Crippen molar-refractivity contribution in [1.29, 1.82) is 0 Å². The van der Waals surface area contributed by atoms with Crippen LogP contribution >= 0.6 is 0 Å². The molecule has 1 heterocycles. The number of methoxy groups -OCH3 is 1. The summed E-state index contributed by atoms with van der Waals surface area (Å²) in [4.78, 5) is 14.9. The Kier molecular flexibility index (Phi) is 2.36. The van der Waals surface area contributed by atoms with Gasteiger partial charge in [-0.2, -0.15) is 0 Å². The number of anilines is 1. The van der Waals surface area contributed by atoms with E-state index in [1.807, 2.05) is 0 Å². The Balaban J connectivity index is 2.81. The molecule has 82 valence electrons. The van der Waals surface area contributed by atoms with E-state index in [-0.39, 0.29) is 11.3 Å². The summed E-state index contributed by atoms with van der Waals surface area (Å²) < 4.78 is 5.12. The predicted octanol–water partition coefficient (Wildman–Crippen LogP) is 1.52. The van der Waals surface area contributed by atoms with Gasteiger partial charge in [0.05, 0.1) is 12.8 Å². The third-order valence-corrected chi connectivity index (χ3v) is 2.35. The molecule has 1 aromatic heterocycles. The SMILES string of the molecule is COc1cccc2c(N)c(C(=O)O)cnc12. The van der Waals surface area contributed by atoms with Gasteiger partial charge in [-0.3, -0.25) is 4.98 Å². The number of para-hydroxylation sites is 1. The molecule has 0 saturated carbocycles. The van der Waals surface area contributed by atoms with Crippen molar-refractivity contribution in [2.75, 3.05) is 12.8 Å². The van der Waals surface area contributed by atoms with Crippen LogP contribution in [-0.2, 0) is 0 Å². The number of carbonyl (C=O) groups is 1. The smallest absolute Gasteiger partial charge is 0.339 e. The highest BCUT2D eigenvalue weighted by atomic mass is 16.5. The van der Waals surface area contributed by atoms with E-state index in [2.05, 4.69) is 4.98 Å². The number of ether oxygens (including phenoxy) is 1. The van der Waals surface area contributed by atoms with Crippen LogP contribution in [-0.4, -0.2) is 23.2 Å². The van der Waals surface area contributed by atoms with Crippen LogP contribution in [0.4, 0.5) is 5.69 Å². The molecule has 2 aromatic rings. The second kappa shape index (κ2) is 3.69. The summed E-state index contributed by atoms with van der Waals surface area (Å²) in [5.74, 6) is -0.518. The van der Waals surface area contributed by atoms with Gasteiger partial charge < -0.3 is 15.6 Å². The van der Waals surface area contributed by atoms with Gasteiger partial charge in [-0.05, 0) is 6.07 Å². The normalized spacial score (nSPS) is 10.3. The maximum atomic E-state index is 10.9. The lowest BCUT2D eigenvalue weighted by molar-refractivity contribution is 0.0698. The fourth-order valence-electron chi connectivity index (χ4n) is 1.55. The summed E-state index contributed by atoms with van der Waals surface area (Å²) >= 11 is 0. The zero-order valence-corrected chi connectivity index (χ0v) is 8.60. The standard InChI is InChI=1S/C11H10N2O3/c1-16-8-4-2-3-6-9(12)7(11(14)15)5-13-10(6)8/h2-5H,1H3,(H2,12,13)(H,14,15). The molecule has 5 heteroatoms. The summed E-state index contributed by atoms with van der Waals surface area (Å²) in [6.45, 7) is 0. The minimum Gasteiger partial charge on any atom is -0.494 e. The zero-order valence-electron chi connectivity index (χ0n) is 8.60. The fraction of sp³-hybridized carbons (Fsp3) is 0.0909. The van der Waals surface area contributed by atoms with E-state index in [9.17, 15) is 4.79 Å². The molecule has 0 amide bonds. The van der Waals surface area contributed by atoms with Gasteiger partial charge in [0.2, 0.25) is 0 Å². The number of carboxylic acids is 1. The second-order valence-corrected chi connectivity index (χ2v) is 3.25. The van der Waals surface area contributed by atoms with Crippen molar-refractivity contribution in [3.8, 4) is 5.75 Å². The molecule has 16 heavy (non-hydrogen) atoms. The number of hydrogen-bond donors (Lipinski definition) is 2. The molecule has 0 spiro atoms. The molecule has 0 fully saturated rings. The van der Waals surface area contributed by atoms with Gasteiger partial charge in [0.1, 0.15) is 16.8 Å². The number of hydrogen-bond acceptors (Lipinski definition) is 4. The summed E-state index contributed by atoms with van der Waals surface area (Å²) in [5, 5.41) is 9.48. The number of pyridine rings is 1. The van der Waals surface area contributed by atoms with Crippen LogP contribution in [0, 0.1) is 0 Å². The Morgan fingerprint density at radius 2 is 2.25 bits per heavy atom. The minimum absolute atomic E-state index is 0.000697. The first kappa shape index (κ1) is 10.2. The Morgan fingerprint density at radius 1 is 1.50 bits per heavy atom. The number of fused-ring (bicyclic) bond motifs is 1. The molecule has 0 saturated heterocycles. The van der Waals surface area contributed by atoms with E-state index in [4.69, 9.17) is 15.6 Å². The number of carboxylic acid groups (broad SMARTS) is 1. The maximum absolute atomic E-state index is 10.9. The van der Waals surface area contributed by atoms with Crippen molar-refractivity contribution in [2.24, 2.45) is 0 Å². The molecule has 0 atom stereocenters. The molecule has 1 aromatic carbocycles. The molecule has 0 radical (unpaired) electrons. The lowest BCUT2D eigenvalue weighted by Crippen LogP contribution is -2.04. The Morgan fingerprint density at radius 3 is 2.88 bits per heavy atom. The van der Waals surface area contributed by atoms with Crippen LogP contribution in [0.3, 0.4) is 0 Å². The summed E-state index contributed by atoms with van der Waals surface area (Å²) in [7, 11) is 1.53. The highest BCUT2D eigenvalue weighted by Crippen LogP contribution is 2.29. The molecule has 0 bridgehead atoms. The van der Waals surface area contributed by atoms with Crippen molar-refractivity contribution in [3.63, 3.8) is 0 Å². The van der Waals surface area contributed by atoms with Crippen LogP contribution in [0.1, 0.15) is 10.4 Å². The summed E-state index contributed by atoms with van der Waals surface area (Å²) in [6, 6.07) is 5.20. The second-order valence-electron chi connectivity index (χ2n) is 3.25. The van der Waals surface area contributed by atoms with E-state index in [1.165, 1.54) is 13.3 Å². The summed E-state index contributed by atoms with van der Waals surface area (Å²) in [5.41, 5.74) is 6.54. The number of nitrogens with zero attached hydrogens (tertiary/aromatic N) is 1. The first-order valence-corrected chi connectivity index (χ1v) is 4.59. The highest BCUT2D eigenvalue weighted by Gasteiger charge is 2.13. The van der Waals surface area contributed by atoms with Gasteiger partial charge in [-0.1, -0.05) is 12.1 Å². The molecule has 0 aliphatic heterocycles. The quantitative estimate of drug-likeness (QED) is 0.798. The van der Waals surface area contributed by atoms with Gasteiger partial charge in [0.15, 0.2) is 0 Å². The Bertz CT molecular complexity index is 566. The molecular formula is C11H10N2O3. The maximum Gasteiger partial charge on any atom is 0.339 e. The third kappa shape index (κ3) is 1.42. The van der Waals surface area contributed by atoms with E-state index >= 15 is 0 Å². The van der Waals surface area contributed by atoms with E-state index in [0.717, 1.165) is 0 Å². The zero-order chi connectivity index (χ0) is 11.7. The molecular weight excluding hydrogens is 208 g/mol. The van der Waals surface area contributed by atoms with Gasteiger partial charge in [0.25, 0.3) is 0 Å². The number of benzene rings is 1. The fourth-order valence-corrected chi connectivity index (χ4v) is 1.55. The topological polar surface area (TPSA) is 85.4 Å². The molecule has 2 rings (SSSR count). The van der Waals surface area contributed by atoms with Crippen LogP contribution in [0.15, 0.2) is 24.4 Å². The Hall–Kier alpha value is -2.30. The summed E-state index contributed by atoms with van der Waals surface area (Å²) in [6.07, 6.45) is 1.24. The highest BCUT2D eigenvalue weighted by molar-refractivity contribution is 6.04. The van der Waals surface area contributed by atoms with E-state index in [1.54, 1.807) is 18.2 Å². The van der Waals surface area contributed by atoms with Crippen molar-refractivity contribution < 1.29 is 14.6 Å². The van der Waals surface area contributed by atoms with Crippen LogP contribution in [0.5, 0.6) is 5.75 Å². The lowest BCUT2D eigenvalue weighted by atomic mass is 10.1. The van der Waals surface area contributed by atoms with Gasteiger partial charge in [-0.15, -0.1) is 0 Å². The molecule has 3 N–H and O–H groups in total. The average molecular weight is 218 g/mol. The van der Waals surface area contributed by atoms with E-state index < -0.39 is 5.97 Å². The van der Waals surface area contributed by atoms with Crippen molar-refractivity contribution in [3.05, 3.63) is 30.0 Å². The number of nitrogens with two attached hydrogens (primary N) is 1. The average Bonchev–Trinajstić information content (AvgIpc) is 2.28. The van der Waals surface area contributed by atoms with Crippen LogP contribution < -0.4 is 10.5 Å². The number of aromatic nitrogens is 1. The monoisotopic (exact) mass is 218 g/mol. The number of nitrogen functional groups attached to an aromatic ring is 1. The number of aromatic carboxylic acids is 1. The van der Waals surface area contributed by atoms with E-state index in [0.29, 0.717) is 16.7 Å². The van der Waals surface area contributed by atoms with Crippen LogP contribution in [0.25, 0.3) is 10.9 Å². The largest absolute Gasteiger partial charge is 0.494 e. The van der Waals surface area contributed by atoms with Gasteiger partial charge in [0, 0.05) is 11.6 Å². The molecule has 0 aliphatic carbocycles. The first-order chi connectivity index (χ1) is 7.65. The number of rotatable bonds is 2. The van der Waals surface area contributed by atoms with Crippen molar-refractivity contribution in [1.82, 2.24) is 4.98 Å². The minimum atomic E-state index is -1.09. The lowest BCUT2D eigenvalue weighted by Gasteiger charge is -2.08. The third-order valence-electron chi connectivity index (χ3n) is 2.35. The predicted molar refractivity (Wildman–Crippen MR) is 59.7 cm³/mol.